The molecular formula is C21H30N4O3. The normalized spacial score (nSPS) is 22.5. The zero-order valence-corrected chi connectivity index (χ0v) is 17.0. The minimum Gasteiger partial charge on any atom is -0.454 e. The van der Waals surface area contributed by atoms with Gasteiger partial charge in [-0.3, -0.25) is 9.79 Å². The zero-order chi connectivity index (χ0) is 19.7. The van der Waals surface area contributed by atoms with Crippen molar-refractivity contribution in [1.82, 2.24) is 15.5 Å². The van der Waals surface area contributed by atoms with Crippen LogP contribution < -0.4 is 20.1 Å². The van der Waals surface area contributed by atoms with E-state index >= 15 is 0 Å². The molecule has 7 nitrogen and oxygen atoms in total. The molecule has 4 rings (SSSR count). The molecule has 1 amide bonds. The van der Waals surface area contributed by atoms with Gasteiger partial charge in [-0.15, -0.1) is 0 Å². The number of rotatable bonds is 5. The molecule has 0 aromatic heterocycles. The summed E-state index contributed by atoms with van der Waals surface area (Å²) in [6.45, 7) is 6.59. The van der Waals surface area contributed by atoms with Gasteiger partial charge in [0.25, 0.3) is 0 Å². The van der Waals surface area contributed by atoms with Crippen LogP contribution in [0.1, 0.15) is 38.7 Å². The first-order valence-electron chi connectivity index (χ1n) is 10.2. The minimum atomic E-state index is 0.0487. The standard InChI is InChI=1S/C21H30N4O3/c1-14(2)19(26)25-9-6-16(11-25)24-20(22-3)23-12-21(7-8-21)15-4-5-17-18(10-15)28-13-27-17/h4-5,10,14,16H,6-9,11-13H2,1-3H3,(H2,22,23,24). The summed E-state index contributed by atoms with van der Waals surface area (Å²) in [6, 6.07) is 6.50. The number of carbonyl (C=O) groups excluding carboxylic acids is 1. The third kappa shape index (κ3) is 3.75. The maximum atomic E-state index is 12.2. The fourth-order valence-electron chi connectivity index (χ4n) is 4.03. The maximum absolute atomic E-state index is 12.2. The van der Waals surface area contributed by atoms with Crippen molar-refractivity contribution in [3.8, 4) is 11.5 Å². The highest BCUT2D eigenvalue weighted by atomic mass is 16.7. The lowest BCUT2D eigenvalue weighted by atomic mass is 9.95. The van der Waals surface area contributed by atoms with Gasteiger partial charge < -0.3 is 25.0 Å². The Hall–Kier alpha value is -2.44. The van der Waals surface area contributed by atoms with Gasteiger partial charge in [0.2, 0.25) is 12.7 Å². The van der Waals surface area contributed by atoms with Crippen LogP contribution in [0.25, 0.3) is 0 Å². The molecule has 7 heteroatoms. The molecule has 1 atom stereocenters. The van der Waals surface area contributed by atoms with Crippen LogP contribution in [-0.4, -0.2) is 56.3 Å². The number of nitrogens with one attached hydrogen (secondary N) is 2. The Morgan fingerprint density at radius 2 is 2.11 bits per heavy atom. The molecule has 1 aromatic rings. The Morgan fingerprint density at radius 1 is 1.32 bits per heavy atom. The number of carbonyl (C=O) groups is 1. The lowest BCUT2D eigenvalue weighted by Gasteiger charge is -2.22. The number of likely N-dealkylation sites (tertiary alicyclic amines) is 1. The summed E-state index contributed by atoms with van der Waals surface area (Å²) in [6.07, 6.45) is 3.25. The van der Waals surface area contributed by atoms with Crippen LogP contribution in [0, 0.1) is 5.92 Å². The molecule has 1 aromatic carbocycles. The number of hydrogen-bond donors (Lipinski definition) is 2. The van der Waals surface area contributed by atoms with Crippen molar-refractivity contribution in [2.24, 2.45) is 10.9 Å². The molecule has 0 radical (unpaired) electrons. The summed E-state index contributed by atoms with van der Waals surface area (Å²) >= 11 is 0. The maximum Gasteiger partial charge on any atom is 0.231 e. The number of hydrogen-bond acceptors (Lipinski definition) is 4. The second-order valence-electron chi connectivity index (χ2n) is 8.34. The zero-order valence-electron chi connectivity index (χ0n) is 17.0. The van der Waals surface area contributed by atoms with Crippen LogP contribution in [0.4, 0.5) is 0 Å². The Balaban J connectivity index is 1.32. The fourth-order valence-corrected chi connectivity index (χ4v) is 4.03. The van der Waals surface area contributed by atoms with Gasteiger partial charge in [0.05, 0.1) is 0 Å². The smallest absolute Gasteiger partial charge is 0.231 e. The molecule has 2 heterocycles. The molecule has 1 unspecified atom stereocenters. The molecule has 1 aliphatic carbocycles. The van der Waals surface area contributed by atoms with E-state index in [1.54, 1.807) is 7.05 Å². The molecule has 152 valence electrons. The van der Waals surface area contributed by atoms with E-state index in [0.717, 1.165) is 56.4 Å². The third-order valence-corrected chi connectivity index (χ3v) is 5.99. The highest BCUT2D eigenvalue weighted by molar-refractivity contribution is 5.81. The van der Waals surface area contributed by atoms with Crippen molar-refractivity contribution in [2.45, 2.75) is 44.6 Å². The molecule has 2 N–H and O–H groups in total. The molecule has 0 spiro atoms. The van der Waals surface area contributed by atoms with E-state index in [4.69, 9.17) is 9.47 Å². The second-order valence-corrected chi connectivity index (χ2v) is 8.34. The summed E-state index contributed by atoms with van der Waals surface area (Å²) in [7, 11) is 1.79. The first-order chi connectivity index (χ1) is 13.5. The van der Waals surface area contributed by atoms with Crippen molar-refractivity contribution >= 4 is 11.9 Å². The molecule has 0 bridgehead atoms. The van der Waals surface area contributed by atoms with Crippen molar-refractivity contribution in [3.05, 3.63) is 23.8 Å². The van der Waals surface area contributed by atoms with E-state index in [1.165, 1.54) is 5.56 Å². The summed E-state index contributed by atoms with van der Waals surface area (Å²) in [5.74, 6) is 2.74. The number of aliphatic imine (C=N–C) groups is 1. The molecule has 3 aliphatic rings. The van der Waals surface area contributed by atoms with Gasteiger partial charge in [0.15, 0.2) is 17.5 Å². The SMILES string of the molecule is CN=C(NCC1(c2ccc3c(c2)OCO3)CC1)NC1CCN(C(=O)C(C)C)C1. The van der Waals surface area contributed by atoms with E-state index in [-0.39, 0.29) is 23.3 Å². The van der Waals surface area contributed by atoms with Crippen molar-refractivity contribution in [3.63, 3.8) is 0 Å². The predicted molar refractivity (Wildman–Crippen MR) is 108 cm³/mol. The molecule has 2 fully saturated rings. The largest absolute Gasteiger partial charge is 0.454 e. The van der Waals surface area contributed by atoms with Gasteiger partial charge >= 0.3 is 0 Å². The van der Waals surface area contributed by atoms with E-state index in [2.05, 4.69) is 27.8 Å². The van der Waals surface area contributed by atoms with Crippen molar-refractivity contribution in [2.75, 3.05) is 33.5 Å². The Morgan fingerprint density at radius 3 is 2.82 bits per heavy atom. The van der Waals surface area contributed by atoms with Crippen LogP contribution in [0.3, 0.4) is 0 Å². The monoisotopic (exact) mass is 386 g/mol. The first kappa shape index (κ1) is 18.9. The predicted octanol–water partition coefficient (Wildman–Crippen LogP) is 1.87. The average Bonchev–Trinajstić information content (AvgIpc) is 3.12. The summed E-state index contributed by atoms with van der Waals surface area (Å²) in [5, 5.41) is 6.98. The summed E-state index contributed by atoms with van der Waals surface area (Å²) < 4.78 is 11.0. The van der Waals surface area contributed by atoms with Gasteiger partial charge in [0.1, 0.15) is 0 Å². The average molecular weight is 386 g/mol. The lowest BCUT2D eigenvalue weighted by molar-refractivity contribution is -0.133. The Bertz CT molecular complexity index is 773. The molecular weight excluding hydrogens is 356 g/mol. The Kier molecular flexibility index (Phi) is 5.08. The van der Waals surface area contributed by atoms with Gasteiger partial charge in [-0.25, -0.2) is 0 Å². The van der Waals surface area contributed by atoms with Crippen LogP contribution in [0.2, 0.25) is 0 Å². The van der Waals surface area contributed by atoms with Gasteiger partial charge in [0, 0.05) is 44.1 Å². The number of benzene rings is 1. The van der Waals surface area contributed by atoms with Crippen molar-refractivity contribution < 1.29 is 14.3 Å². The fraction of sp³-hybridized carbons (Fsp3) is 0.619. The number of fused-ring (bicyclic) bond motifs is 1. The van der Waals surface area contributed by atoms with Gasteiger partial charge in [-0.1, -0.05) is 19.9 Å². The summed E-state index contributed by atoms with van der Waals surface area (Å²) in [5.41, 5.74) is 1.42. The number of guanidine groups is 1. The van der Waals surface area contributed by atoms with E-state index < -0.39 is 0 Å². The lowest BCUT2D eigenvalue weighted by Crippen LogP contribution is -2.47. The Labute approximate surface area is 166 Å². The van der Waals surface area contributed by atoms with E-state index in [0.29, 0.717) is 6.79 Å². The highest BCUT2D eigenvalue weighted by Crippen LogP contribution is 2.49. The molecule has 1 saturated carbocycles. The number of amides is 1. The van der Waals surface area contributed by atoms with E-state index in [1.807, 2.05) is 24.8 Å². The second kappa shape index (κ2) is 7.53. The number of ether oxygens (including phenoxy) is 2. The highest BCUT2D eigenvalue weighted by Gasteiger charge is 2.45. The quantitative estimate of drug-likeness (QED) is 0.597. The number of nitrogens with zero attached hydrogens (tertiary/aromatic N) is 2. The summed E-state index contributed by atoms with van der Waals surface area (Å²) in [4.78, 5) is 18.5. The van der Waals surface area contributed by atoms with E-state index in [9.17, 15) is 4.79 Å². The molecule has 1 saturated heterocycles. The van der Waals surface area contributed by atoms with Gasteiger partial charge in [-0.05, 0) is 37.0 Å². The van der Waals surface area contributed by atoms with Crippen LogP contribution in [-0.2, 0) is 10.2 Å². The van der Waals surface area contributed by atoms with Crippen LogP contribution in [0.5, 0.6) is 11.5 Å². The van der Waals surface area contributed by atoms with Crippen LogP contribution >= 0.6 is 0 Å². The molecule has 2 aliphatic heterocycles. The molecule has 28 heavy (non-hydrogen) atoms. The third-order valence-electron chi connectivity index (χ3n) is 5.99. The van der Waals surface area contributed by atoms with Gasteiger partial charge in [-0.2, -0.15) is 0 Å². The van der Waals surface area contributed by atoms with Crippen molar-refractivity contribution in [1.29, 1.82) is 0 Å². The van der Waals surface area contributed by atoms with Crippen LogP contribution in [0.15, 0.2) is 23.2 Å². The minimum absolute atomic E-state index is 0.0487. The first-order valence-corrected chi connectivity index (χ1v) is 10.2. The topological polar surface area (TPSA) is 75.2 Å².